The van der Waals surface area contributed by atoms with Gasteiger partial charge in [0.05, 0.1) is 18.5 Å². The third-order valence-electron chi connectivity index (χ3n) is 1.76. The lowest BCUT2D eigenvalue weighted by molar-refractivity contribution is 0.163. The lowest BCUT2D eigenvalue weighted by Gasteiger charge is -2.08. The van der Waals surface area contributed by atoms with E-state index >= 15 is 0 Å². The van der Waals surface area contributed by atoms with Crippen LogP contribution in [-0.4, -0.2) is 58.2 Å². The predicted octanol–water partition coefficient (Wildman–Crippen LogP) is -1.09. The molecule has 0 aliphatic carbocycles. The standard InChI is InChI=1S/C9H22N2O4S/c1-3-15-6-7-16(13,14)11-5-4-10-8-9(2)12/h9-12H,3-8H2,1-2H3. The van der Waals surface area contributed by atoms with E-state index in [2.05, 4.69) is 10.0 Å². The summed E-state index contributed by atoms with van der Waals surface area (Å²) in [7, 11) is -3.23. The summed E-state index contributed by atoms with van der Waals surface area (Å²) in [6.07, 6.45) is -0.422. The molecule has 0 saturated heterocycles. The van der Waals surface area contributed by atoms with Crippen LogP contribution in [0.25, 0.3) is 0 Å². The quantitative estimate of drug-likeness (QED) is 0.431. The van der Waals surface area contributed by atoms with Crippen LogP contribution in [0.1, 0.15) is 13.8 Å². The molecule has 98 valence electrons. The molecule has 0 rings (SSSR count). The molecule has 0 heterocycles. The van der Waals surface area contributed by atoms with Crippen molar-refractivity contribution in [1.29, 1.82) is 0 Å². The average molecular weight is 254 g/mol. The van der Waals surface area contributed by atoms with Crippen LogP contribution in [0.5, 0.6) is 0 Å². The Kier molecular flexibility index (Phi) is 8.77. The molecule has 0 amide bonds. The van der Waals surface area contributed by atoms with Crippen LogP contribution in [-0.2, 0) is 14.8 Å². The Morgan fingerprint density at radius 2 is 2.06 bits per heavy atom. The Hall–Kier alpha value is -0.210. The maximum atomic E-state index is 11.3. The van der Waals surface area contributed by atoms with Crippen LogP contribution in [0.4, 0.5) is 0 Å². The minimum absolute atomic E-state index is 0.0166. The highest BCUT2D eigenvalue weighted by atomic mass is 32.2. The zero-order valence-electron chi connectivity index (χ0n) is 9.90. The highest BCUT2D eigenvalue weighted by Gasteiger charge is 2.08. The summed E-state index contributed by atoms with van der Waals surface area (Å²) in [5.41, 5.74) is 0. The maximum Gasteiger partial charge on any atom is 0.213 e. The van der Waals surface area contributed by atoms with Crippen LogP contribution in [0.15, 0.2) is 0 Å². The van der Waals surface area contributed by atoms with Gasteiger partial charge in [0.15, 0.2) is 0 Å². The molecule has 0 aromatic rings. The van der Waals surface area contributed by atoms with Gasteiger partial charge in [-0.15, -0.1) is 0 Å². The van der Waals surface area contributed by atoms with Gasteiger partial charge in [0, 0.05) is 26.2 Å². The van der Waals surface area contributed by atoms with Crippen LogP contribution in [0.3, 0.4) is 0 Å². The molecule has 0 radical (unpaired) electrons. The van der Waals surface area contributed by atoms with E-state index < -0.39 is 16.1 Å². The third-order valence-corrected chi connectivity index (χ3v) is 3.11. The highest BCUT2D eigenvalue weighted by molar-refractivity contribution is 7.89. The average Bonchev–Trinajstić information content (AvgIpc) is 2.16. The van der Waals surface area contributed by atoms with Crippen molar-refractivity contribution >= 4 is 10.0 Å². The molecule has 6 nitrogen and oxygen atoms in total. The van der Waals surface area contributed by atoms with Gasteiger partial charge in [0.1, 0.15) is 0 Å². The Balaban J connectivity index is 3.51. The molecule has 16 heavy (non-hydrogen) atoms. The molecule has 0 fully saturated rings. The molecular weight excluding hydrogens is 232 g/mol. The molecule has 0 saturated carbocycles. The summed E-state index contributed by atoms with van der Waals surface area (Å²) < 4.78 is 30.1. The van der Waals surface area contributed by atoms with E-state index in [1.807, 2.05) is 6.92 Å². The summed E-state index contributed by atoms with van der Waals surface area (Å²) in [6.45, 7) is 5.50. The van der Waals surface area contributed by atoms with Crippen molar-refractivity contribution in [2.24, 2.45) is 0 Å². The molecule has 0 spiro atoms. The minimum Gasteiger partial charge on any atom is -0.392 e. The normalized spacial score (nSPS) is 13.9. The van der Waals surface area contributed by atoms with Gasteiger partial charge in [-0.3, -0.25) is 0 Å². The fourth-order valence-electron chi connectivity index (χ4n) is 0.991. The first-order valence-corrected chi connectivity index (χ1v) is 7.07. The second-order valence-corrected chi connectivity index (χ2v) is 5.39. The highest BCUT2D eigenvalue weighted by Crippen LogP contribution is 1.85. The topological polar surface area (TPSA) is 87.7 Å². The van der Waals surface area contributed by atoms with E-state index in [1.54, 1.807) is 6.92 Å². The van der Waals surface area contributed by atoms with E-state index in [0.29, 0.717) is 26.2 Å². The Morgan fingerprint density at radius 3 is 2.62 bits per heavy atom. The molecule has 1 atom stereocenters. The number of hydrogen-bond acceptors (Lipinski definition) is 5. The van der Waals surface area contributed by atoms with Crippen LogP contribution >= 0.6 is 0 Å². The lowest BCUT2D eigenvalue weighted by atomic mass is 10.4. The van der Waals surface area contributed by atoms with Gasteiger partial charge >= 0.3 is 0 Å². The van der Waals surface area contributed by atoms with E-state index in [-0.39, 0.29) is 12.4 Å². The van der Waals surface area contributed by atoms with Crippen molar-refractivity contribution in [3.05, 3.63) is 0 Å². The largest absolute Gasteiger partial charge is 0.392 e. The number of aliphatic hydroxyl groups is 1. The van der Waals surface area contributed by atoms with Gasteiger partial charge in [0.25, 0.3) is 0 Å². The summed E-state index contributed by atoms with van der Waals surface area (Å²) in [6, 6.07) is 0. The van der Waals surface area contributed by atoms with E-state index in [9.17, 15) is 8.42 Å². The monoisotopic (exact) mass is 254 g/mol. The van der Waals surface area contributed by atoms with Crippen LogP contribution in [0.2, 0.25) is 0 Å². The van der Waals surface area contributed by atoms with Gasteiger partial charge in [-0.2, -0.15) is 0 Å². The smallest absolute Gasteiger partial charge is 0.213 e. The van der Waals surface area contributed by atoms with E-state index in [4.69, 9.17) is 9.84 Å². The molecule has 7 heteroatoms. The molecule has 0 aromatic heterocycles. The molecule has 0 bridgehead atoms. The van der Waals surface area contributed by atoms with Crippen molar-refractivity contribution in [2.45, 2.75) is 20.0 Å². The first-order chi connectivity index (χ1) is 7.48. The van der Waals surface area contributed by atoms with Gasteiger partial charge < -0.3 is 15.2 Å². The number of sulfonamides is 1. The lowest BCUT2D eigenvalue weighted by Crippen LogP contribution is -2.36. The summed E-state index contributed by atoms with van der Waals surface area (Å²) in [5.74, 6) is -0.0166. The SMILES string of the molecule is CCOCCS(=O)(=O)NCCNCC(C)O. The maximum absolute atomic E-state index is 11.3. The van der Waals surface area contributed by atoms with Crippen molar-refractivity contribution in [1.82, 2.24) is 10.0 Å². The van der Waals surface area contributed by atoms with Crippen molar-refractivity contribution in [3.8, 4) is 0 Å². The second kappa shape index (κ2) is 8.89. The third kappa shape index (κ3) is 10.3. The molecule has 0 aromatic carbocycles. The Labute approximate surface area is 97.4 Å². The second-order valence-electron chi connectivity index (χ2n) is 3.46. The van der Waals surface area contributed by atoms with Gasteiger partial charge in [-0.25, -0.2) is 13.1 Å². The Morgan fingerprint density at radius 1 is 1.38 bits per heavy atom. The number of aliphatic hydroxyl groups excluding tert-OH is 1. The molecular formula is C9H22N2O4S. The first kappa shape index (κ1) is 15.8. The Bertz CT molecular complexity index is 254. The van der Waals surface area contributed by atoms with Crippen molar-refractivity contribution < 1.29 is 18.3 Å². The first-order valence-electron chi connectivity index (χ1n) is 5.42. The van der Waals surface area contributed by atoms with Crippen LogP contribution in [0, 0.1) is 0 Å². The van der Waals surface area contributed by atoms with Gasteiger partial charge in [0.2, 0.25) is 10.0 Å². The van der Waals surface area contributed by atoms with Gasteiger partial charge in [-0.05, 0) is 13.8 Å². The summed E-state index contributed by atoms with van der Waals surface area (Å²) >= 11 is 0. The summed E-state index contributed by atoms with van der Waals surface area (Å²) in [5, 5.41) is 11.9. The fourth-order valence-corrected chi connectivity index (χ4v) is 1.89. The minimum atomic E-state index is -3.23. The fraction of sp³-hybridized carbons (Fsp3) is 1.00. The summed E-state index contributed by atoms with van der Waals surface area (Å²) in [4.78, 5) is 0. The number of rotatable bonds is 10. The molecule has 3 N–H and O–H groups in total. The van der Waals surface area contributed by atoms with Crippen molar-refractivity contribution in [3.63, 3.8) is 0 Å². The number of ether oxygens (including phenoxy) is 1. The predicted molar refractivity (Wildman–Crippen MR) is 62.8 cm³/mol. The molecule has 0 aliphatic rings. The van der Waals surface area contributed by atoms with E-state index in [0.717, 1.165) is 0 Å². The number of nitrogens with one attached hydrogen (secondary N) is 2. The molecule has 1 unspecified atom stereocenters. The van der Waals surface area contributed by atoms with E-state index in [1.165, 1.54) is 0 Å². The number of hydrogen-bond donors (Lipinski definition) is 3. The molecule has 0 aliphatic heterocycles. The van der Waals surface area contributed by atoms with Crippen molar-refractivity contribution in [2.75, 3.05) is 38.6 Å². The van der Waals surface area contributed by atoms with Gasteiger partial charge in [-0.1, -0.05) is 0 Å². The zero-order chi connectivity index (χ0) is 12.4. The van der Waals surface area contributed by atoms with Crippen LogP contribution < -0.4 is 10.0 Å². The zero-order valence-corrected chi connectivity index (χ0v) is 10.7.